The molecule has 0 bridgehead atoms. The molecule has 3 nitrogen and oxygen atoms in total. The Morgan fingerprint density at radius 2 is 1.82 bits per heavy atom. The van der Waals surface area contributed by atoms with Gasteiger partial charge in [0.1, 0.15) is 5.78 Å². The lowest BCUT2D eigenvalue weighted by atomic mass is 9.88. The van der Waals surface area contributed by atoms with Crippen LogP contribution in [0.2, 0.25) is 0 Å². The van der Waals surface area contributed by atoms with Crippen molar-refractivity contribution in [2.24, 2.45) is 5.92 Å². The fourth-order valence-corrected chi connectivity index (χ4v) is 2.13. The van der Waals surface area contributed by atoms with Crippen LogP contribution in [0, 0.1) is 5.92 Å². The molecule has 1 fully saturated rings. The van der Waals surface area contributed by atoms with Crippen molar-refractivity contribution < 1.29 is 9.59 Å². The van der Waals surface area contributed by atoms with E-state index in [0.29, 0.717) is 32.2 Å². The number of ketones is 1. The zero-order chi connectivity index (χ0) is 12.1. The van der Waals surface area contributed by atoms with Gasteiger partial charge < -0.3 is 5.32 Å². The first-order valence-corrected chi connectivity index (χ1v) is 6.09. The lowest BCUT2D eigenvalue weighted by Crippen LogP contribution is -2.32. The van der Waals surface area contributed by atoms with E-state index in [1.165, 1.54) is 0 Å². The standard InChI is InChI=1S/C14H17NO2/c16-13-8-6-12(7-9-13)14(17)15-10-11-4-2-1-3-5-11/h1-5,12H,6-10H2,(H,15,17). The molecule has 90 valence electrons. The third kappa shape index (κ3) is 3.41. The Morgan fingerprint density at radius 3 is 2.47 bits per heavy atom. The van der Waals surface area contributed by atoms with Crippen molar-refractivity contribution in [3.05, 3.63) is 35.9 Å². The second-order valence-electron chi connectivity index (χ2n) is 4.52. The topological polar surface area (TPSA) is 46.2 Å². The number of amides is 1. The smallest absolute Gasteiger partial charge is 0.223 e. The van der Waals surface area contributed by atoms with Crippen molar-refractivity contribution in [3.8, 4) is 0 Å². The highest BCUT2D eigenvalue weighted by atomic mass is 16.2. The molecule has 0 heterocycles. The molecule has 1 aromatic rings. The van der Waals surface area contributed by atoms with Crippen LogP contribution in [0.5, 0.6) is 0 Å². The van der Waals surface area contributed by atoms with Crippen LogP contribution in [0.4, 0.5) is 0 Å². The third-order valence-corrected chi connectivity index (χ3v) is 3.22. The van der Waals surface area contributed by atoms with Gasteiger partial charge in [-0.2, -0.15) is 0 Å². The SMILES string of the molecule is O=C1CCC(C(=O)NCc2ccccc2)CC1. The molecule has 0 spiro atoms. The molecular formula is C14H17NO2. The van der Waals surface area contributed by atoms with Crippen LogP contribution in [-0.2, 0) is 16.1 Å². The summed E-state index contributed by atoms with van der Waals surface area (Å²) in [6, 6.07) is 9.86. The molecule has 0 aliphatic heterocycles. The average Bonchev–Trinajstić information content (AvgIpc) is 2.38. The minimum atomic E-state index is 0.0245. The first-order chi connectivity index (χ1) is 8.25. The Kier molecular flexibility index (Phi) is 3.91. The molecule has 1 amide bonds. The molecule has 1 N–H and O–H groups in total. The number of carbonyl (C=O) groups excluding carboxylic acids is 2. The molecular weight excluding hydrogens is 214 g/mol. The second kappa shape index (κ2) is 5.62. The molecule has 1 aliphatic carbocycles. The van der Waals surface area contributed by atoms with Crippen LogP contribution in [-0.4, -0.2) is 11.7 Å². The zero-order valence-electron chi connectivity index (χ0n) is 9.82. The average molecular weight is 231 g/mol. The van der Waals surface area contributed by atoms with E-state index in [-0.39, 0.29) is 17.6 Å². The summed E-state index contributed by atoms with van der Waals surface area (Å²) in [5.41, 5.74) is 1.10. The predicted molar refractivity (Wildman–Crippen MR) is 65.3 cm³/mol. The van der Waals surface area contributed by atoms with E-state index in [0.717, 1.165) is 5.56 Å². The summed E-state index contributed by atoms with van der Waals surface area (Å²) in [6.07, 6.45) is 2.53. The van der Waals surface area contributed by atoms with Gasteiger partial charge in [0.2, 0.25) is 5.91 Å². The van der Waals surface area contributed by atoms with Crippen molar-refractivity contribution in [1.82, 2.24) is 5.32 Å². The van der Waals surface area contributed by atoms with E-state index in [2.05, 4.69) is 5.32 Å². The van der Waals surface area contributed by atoms with Crippen molar-refractivity contribution in [3.63, 3.8) is 0 Å². The van der Waals surface area contributed by atoms with Gasteiger partial charge >= 0.3 is 0 Å². The molecule has 3 heteroatoms. The maximum atomic E-state index is 11.9. The van der Waals surface area contributed by atoms with Gasteiger partial charge in [0.05, 0.1) is 0 Å². The molecule has 0 radical (unpaired) electrons. The second-order valence-corrected chi connectivity index (χ2v) is 4.52. The van der Waals surface area contributed by atoms with Crippen LogP contribution in [0.25, 0.3) is 0 Å². The van der Waals surface area contributed by atoms with E-state index < -0.39 is 0 Å². The summed E-state index contributed by atoms with van der Waals surface area (Å²) < 4.78 is 0. The predicted octanol–water partition coefficient (Wildman–Crippen LogP) is 2.06. The molecule has 0 atom stereocenters. The van der Waals surface area contributed by atoms with Crippen LogP contribution < -0.4 is 5.32 Å². The molecule has 17 heavy (non-hydrogen) atoms. The minimum Gasteiger partial charge on any atom is -0.352 e. The Bertz CT molecular complexity index is 390. The summed E-state index contributed by atoms with van der Waals surface area (Å²) in [5, 5.41) is 2.93. The monoisotopic (exact) mass is 231 g/mol. The van der Waals surface area contributed by atoms with Gasteiger partial charge in [-0.25, -0.2) is 0 Å². The van der Waals surface area contributed by atoms with E-state index in [1.54, 1.807) is 0 Å². The van der Waals surface area contributed by atoms with Gasteiger partial charge in [-0.05, 0) is 18.4 Å². The summed E-state index contributed by atoms with van der Waals surface area (Å²) in [7, 11) is 0. The van der Waals surface area contributed by atoms with Crippen molar-refractivity contribution in [2.75, 3.05) is 0 Å². The Balaban J connectivity index is 1.80. The van der Waals surface area contributed by atoms with Gasteiger partial charge in [0, 0.05) is 25.3 Å². The number of rotatable bonds is 3. The molecule has 0 saturated heterocycles. The number of hydrogen-bond donors (Lipinski definition) is 1. The van der Waals surface area contributed by atoms with Crippen LogP contribution in [0.1, 0.15) is 31.2 Å². The Hall–Kier alpha value is -1.64. The minimum absolute atomic E-state index is 0.0245. The van der Waals surface area contributed by atoms with Crippen LogP contribution >= 0.6 is 0 Å². The van der Waals surface area contributed by atoms with Gasteiger partial charge in [0.25, 0.3) is 0 Å². The normalized spacial score (nSPS) is 16.8. The number of benzene rings is 1. The Labute approximate surface area is 101 Å². The molecule has 1 aromatic carbocycles. The third-order valence-electron chi connectivity index (χ3n) is 3.22. The number of carbonyl (C=O) groups is 2. The lowest BCUT2D eigenvalue weighted by molar-refractivity contribution is -0.128. The highest BCUT2D eigenvalue weighted by Crippen LogP contribution is 2.21. The Morgan fingerprint density at radius 1 is 1.18 bits per heavy atom. The van der Waals surface area contributed by atoms with Crippen molar-refractivity contribution in [1.29, 1.82) is 0 Å². The zero-order valence-corrected chi connectivity index (χ0v) is 9.82. The van der Waals surface area contributed by atoms with Gasteiger partial charge in [-0.3, -0.25) is 9.59 Å². The van der Waals surface area contributed by atoms with Crippen molar-refractivity contribution >= 4 is 11.7 Å². The maximum absolute atomic E-state index is 11.9. The van der Waals surface area contributed by atoms with E-state index in [9.17, 15) is 9.59 Å². The summed E-state index contributed by atoms with van der Waals surface area (Å²) in [4.78, 5) is 22.9. The highest BCUT2D eigenvalue weighted by Gasteiger charge is 2.24. The van der Waals surface area contributed by atoms with Crippen LogP contribution in [0.15, 0.2) is 30.3 Å². The number of Topliss-reactive ketones (excluding diaryl/α,β-unsaturated/α-hetero) is 1. The molecule has 0 aromatic heterocycles. The highest BCUT2D eigenvalue weighted by molar-refractivity contribution is 5.84. The number of hydrogen-bond acceptors (Lipinski definition) is 2. The quantitative estimate of drug-likeness (QED) is 0.865. The summed E-state index contributed by atoms with van der Waals surface area (Å²) in [6.45, 7) is 0.574. The number of nitrogens with one attached hydrogen (secondary N) is 1. The van der Waals surface area contributed by atoms with Crippen molar-refractivity contribution in [2.45, 2.75) is 32.2 Å². The lowest BCUT2D eigenvalue weighted by Gasteiger charge is -2.20. The summed E-state index contributed by atoms with van der Waals surface area (Å²) >= 11 is 0. The van der Waals surface area contributed by atoms with E-state index >= 15 is 0 Å². The van der Waals surface area contributed by atoms with E-state index in [4.69, 9.17) is 0 Å². The fraction of sp³-hybridized carbons (Fsp3) is 0.429. The first kappa shape index (κ1) is 11.8. The van der Waals surface area contributed by atoms with Gasteiger partial charge in [0.15, 0.2) is 0 Å². The first-order valence-electron chi connectivity index (χ1n) is 6.09. The largest absolute Gasteiger partial charge is 0.352 e. The fourth-order valence-electron chi connectivity index (χ4n) is 2.13. The van der Waals surface area contributed by atoms with Gasteiger partial charge in [-0.15, -0.1) is 0 Å². The van der Waals surface area contributed by atoms with Gasteiger partial charge in [-0.1, -0.05) is 30.3 Å². The van der Waals surface area contributed by atoms with Crippen LogP contribution in [0.3, 0.4) is 0 Å². The molecule has 1 saturated carbocycles. The maximum Gasteiger partial charge on any atom is 0.223 e. The molecule has 1 aliphatic rings. The summed E-state index contributed by atoms with van der Waals surface area (Å²) in [5.74, 6) is 0.398. The molecule has 0 unspecified atom stereocenters. The molecule has 2 rings (SSSR count). The van der Waals surface area contributed by atoms with E-state index in [1.807, 2.05) is 30.3 Å².